The minimum atomic E-state index is -1.11. The van der Waals surface area contributed by atoms with E-state index in [9.17, 15) is 28.8 Å². The van der Waals surface area contributed by atoms with E-state index in [0.717, 1.165) is 18.4 Å². The van der Waals surface area contributed by atoms with Gasteiger partial charge in [0.1, 0.15) is 25.2 Å². The summed E-state index contributed by atoms with van der Waals surface area (Å²) in [5.41, 5.74) is 5.31. The molecule has 0 spiro atoms. The molecule has 1 aromatic rings. The third-order valence-corrected chi connectivity index (χ3v) is 8.02. The van der Waals surface area contributed by atoms with Gasteiger partial charge in [-0.1, -0.05) is 77.8 Å². The molecule has 1 aliphatic carbocycles. The molecule has 5 N–H and O–H groups in total. The quantitative estimate of drug-likeness (QED) is 0.197. The number of nitrogens with one attached hydrogen (secondary N) is 3. The van der Waals surface area contributed by atoms with E-state index in [1.807, 2.05) is 44.2 Å². The Morgan fingerprint density at radius 3 is 2.21 bits per heavy atom. The second-order valence-electron chi connectivity index (χ2n) is 12.9. The summed E-state index contributed by atoms with van der Waals surface area (Å²) < 4.78 is 5.19. The highest BCUT2D eigenvalue weighted by Crippen LogP contribution is 2.35. The Balaban J connectivity index is 1.69. The van der Waals surface area contributed by atoms with Gasteiger partial charge in [-0.05, 0) is 41.6 Å². The molecule has 1 saturated carbocycles. The standard InChI is InChI=1S/C31H45N5O7/c1-18(2)21-13-14-36(24(21)28(40)34-22(15-19-11-12-19)25(38)27(32)39)29(41)26(31(3,4)5)35-30(42)33-16-23(37)43-17-20-9-7-6-8-10-20/h6-10,18-19,21-22,24,26H,11-17H2,1-5H3,(H2,32,39)(H,34,40)(H2,33,35,42). The fraction of sp³-hybridized carbons (Fsp3) is 0.613. The molecular weight excluding hydrogens is 554 g/mol. The van der Waals surface area contributed by atoms with Crippen molar-refractivity contribution in [2.45, 2.75) is 85.0 Å². The zero-order chi connectivity index (χ0) is 31.9. The maximum absolute atomic E-state index is 14.0. The van der Waals surface area contributed by atoms with Gasteiger partial charge in [-0.3, -0.25) is 24.0 Å². The average molecular weight is 600 g/mol. The zero-order valence-corrected chi connectivity index (χ0v) is 25.7. The predicted octanol–water partition coefficient (Wildman–Crippen LogP) is 1.66. The Morgan fingerprint density at radius 1 is 1.00 bits per heavy atom. The van der Waals surface area contributed by atoms with Gasteiger partial charge in [-0.15, -0.1) is 0 Å². The first kappa shape index (κ1) is 33.5. The van der Waals surface area contributed by atoms with Crippen LogP contribution in [-0.2, 0) is 35.3 Å². The van der Waals surface area contributed by atoms with Gasteiger partial charge < -0.3 is 31.3 Å². The lowest BCUT2D eigenvalue weighted by molar-refractivity contribution is -0.144. The maximum Gasteiger partial charge on any atom is 0.325 e. The molecule has 2 fully saturated rings. The third kappa shape index (κ3) is 9.52. The number of carbonyl (C=O) groups excluding carboxylic acids is 6. The molecule has 1 aromatic carbocycles. The molecule has 1 saturated heterocycles. The number of esters is 1. The van der Waals surface area contributed by atoms with Gasteiger partial charge in [0.25, 0.3) is 5.91 Å². The van der Waals surface area contributed by atoms with Gasteiger partial charge in [0.05, 0.1) is 6.04 Å². The van der Waals surface area contributed by atoms with Crippen molar-refractivity contribution in [1.82, 2.24) is 20.9 Å². The van der Waals surface area contributed by atoms with Gasteiger partial charge >= 0.3 is 12.0 Å². The van der Waals surface area contributed by atoms with Crippen LogP contribution in [0.2, 0.25) is 0 Å². The first-order valence-electron chi connectivity index (χ1n) is 14.9. The molecule has 2 aliphatic rings. The molecule has 4 atom stereocenters. The maximum atomic E-state index is 14.0. The van der Waals surface area contributed by atoms with Crippen LogP contribution in [-0.4, -0.2) is 71.6 Å². The number of benzene rings is 1. The highest BCUT2D eigenvalue weighted by molar-refractivity contribution is 6.37. The second-order valence-corrected chi connectivity index (χ2v) is 12.9. The van der Waals surface area contributed by atoms with Crippen LogP contribution in [0.25, 0.3) is 0 Å². The van der Waals surface area contributed by atoms with E-state index in [1.165, 1.54) is 4.90 Å². The number of nitrogens with zero attached hydrogens (tertiary/aromatic N) is 1. The molecule has 1 aliphatic heterocycles. The summed E-state index contributed by atoms with van der Waals surface area (Å²) in [5.74, 6) is -3.53. The number of hydrogen-bond acceptors (Lipinski definition) is 7. The minimum absolute atomic E-state index is 0.0357. The number of ketones is 1. The summed E-state index contributed by atoms with van der Waals surface area (Å²) >= 11 is 0. The topological polar surface area (TPSA) is 177 Å². The molecule has 4 unspecified atom stereocenters. The Morgan fingerprint density at radius 2 is 1.65 bits per heavy atom. The van der Waals surface area contributed by atoms with E-state index in [1.54, 1.807) is 20.8 Å². The highest BCUT2D eigenvalue weighted by atomic mass is 16.5. The smallest absolute Gasteiger partial charge is 0.325 e. The van der Waals surface area contributed by atoms with E-state index < -0.39 is 65.6 Å². The van der Waals surface area contributed by atoms with Gasteiger partial charge in [-0.2, -0.15) is 0 Å². The number of hydrogen-bond donors (Lipinski definition) is 4. The van der Waals surface area contributed by atoms with Crippen LogP contribution in [0.4, 0.5) is 4.79 Å². The SMILES string of the molecule is CC(C)C1CCN(C(=O)C(NC(=O)NCC(=O)OCc2ccccc2)C(C)(C)C)C1C(=O)NC(CC1CC1)C(=O)C(N)=O. The summed E-state index contributed by atoms with van der Waals surface area (Å²) in [6, 6.07) is 5.39. The average Bonchev–Trinajstić information content (AvgIpc) is 3.65. The van der Waals surface area contributed by atoms with E-state index in [2.05, 4.69) is 16.0 Å². The summed E-state index contributed by atoms with van der Waals surface area (Å²) in [6.07, 6.45) is 2.69. The monoisotopic (exact) mass is 599 g/mol. The number of amides is 5. The second kappa shape index (κ2) is 14.5. The molecule has 43 heavy (non-hydrogen) atoms. The summed E-state index contributed by atoms with van der Waals surface area (Å²) in [6.45, 7) is 9.21. The van der Waals surface area contributed by atoms with Crippen molar-refractivity contribution in [2.75, 3.05) is 13.1 Å². The number of ether oxygens (including phenoxy) is 1. The molecular formula is C31H45N5O7. The lowest BCUT2D eigenvalue weighted by Gasteiger charge is -2.37. The number of carbonyl (C=O) groups is 6. The van der Waals surface area contributed by atoms with E-state index in [4.69, 9.17) is 10.5 Å². The van der Waals surface area contributed by atoms with Crippen molar-refractivity contribution >= 4 is 35.5 Å². The van der Waals surface area contributed by atoms with Crippen molar-refractivity contribution in [1.29, 1.82) is 0 Å². The van der Waals surface area contributed by atoms with Gasteiger partial charge in [0.15, 0.2) is 0 Å². The van der Waals surface area contributed by atoms with Crippen molar-refractivity contribution in [2.24, 2.45) is 28.9 Å². The number of primary amides is 1. The molecule has 3 rings (SSSR count). The van der Waals surface area contributed by atoms with E-state index in [0.29, 0.717) is 12.8 Å². The van der Waals surface area contributed by atoms with Crippen molar-refractivity contribution in [3.8, 4) is 0 Å². The normalized spacial score (nSPS) is 19.7. The number of likely N-dealkylation sites (tertiary alicyclic amines) is 1. The first-order valence-corrected chi connectivity index (χ1v) is 14.9. The van der Waals surface area contributed by atoms with Crippen LogP contribution < -0.4 is 21.7 Å². The highest BCUT2D eigenvalue weighted by Gasteiger charge is 2.48. The fourth-order valence-electron chi connectivity index (χ4n) is 5.38. The van der Waals surface area contributed by atoms with Crippen LogP contribution >= 0.6 is 0 Å². The van der Waals surface area contributed by atoms with E-state index in [-0.39, 0.29) is 30.9 Å². The molecule has 12 nitrogen and oxygen atoms in total. The molecule has 0 radical (unpaired) electrons. The molecule has 0 bridgehead atoms. The summed E-state index contributed by atoms with van der Waals surface area (Å²) in [7, 11) is 0. The molecule has 1 heterocycles. The number of urea groups is 1. The van der Waals surface area contributed by atoms with Crippen LogP contribution in [0, 0.1) is 23.2 Å². The number of Topliss-reactive ketones (excluding diaryl/α,β-unsaturated/α-hetero) is 1. The Hall–Kier alpha value is -3.96. The number of rotatable bonds is 13. The van der Waals surface area contributed by atoms with Crippen LogP contribution in [0.5, 0.6) is 0 Å². The minimum Gasteiger partial charge on any atom is -0.460 e. The van der Waals surface area contributed by atoms with Gasteiger partial charge in [-0.25, -0.2) is 4.79 Å². The predicted molar refractivity (Wildman–Crippen MR) is 158 cm³/mol. The Bertz CT molecular complexity index is 1190. The van der Waals surface area contributed by atoms with Gasteiger partial charge in [0, 0.05) is 6.54 Å². The van der Waals surface area contributed by atoms with Crippen LogP contribution in [0.1, 0.15) is 65.9 Å². The molecule has 0 aromatic heterocycles. The molecule has 236 valence electrons. The van der Waals surface area contributed by atoms with Crippen molar-refractivity contribution in [3.63, 3.8) is 0 Å². The largest absolute Gasteiger partial charge is 0.460 e. The third-order valence-electron chi connectivity index (χ3n) is 8.02. The Labute approximate surface area is 252 Å². The van der Waals surface area contributed by atoms with Gasteiger partial charge in [0.2, 0.25) is 17.6 Å². The lowest BCUT2D eigenvalue weighted by atomic mass is 9.84. The van der Waals surface area contributed by atoms with Crippen LogP contribution in [0.3, 0.4) is 0 Å². The summed E-state index contributed by atoms with van der Waals surface area (Å²) in [5, 5.41) is 7.85. The molecule has 12 heteroatoms. The van der Waals surface area contributed by atoms with Crippen molar-refractivity contribution < 1.29 is 33.5 Å². The Kier molecular flexibility index (Phi) is 11.3. The molecule has 5 amide bonds. The van der Waals surface area contributed by atoms with E-state index >= 15 is 0 Å². The fourth-order valence-corrected chi connectivity index (χ4v) is 5.38. The first-order chi connectivity index (χ1) is 20.2. The van der Waals surface area contributed by atoms with Crippen molar-refractivity contribution in [3.05, 3.63) is 35.9 Å². The summed E-state index contributed by atoms with van der Waals surface area (Å²) in [4.78, 5) is 78.3. The number of nitrogens with two attached hydrogens (primary N) is 1. The lowest BCUT2D eigenvalue weighted by Crippen LogP contribution is -2.61. The van der Waals surface area contributed by atoms with Crippen LogP contribution in [0.15, 0.2) is 30.3 Å². The zero-order valence-electron chi connectivity index (χ0n) is 25.7.